The quantitative estimate of drug-likeness (QED) is 0.807. The Balaban J connectivity index is 2.08. The minimum Gasteiger partial charge on any atom is -0.383 e. The van der Waals surface area contributed by atoms with E-state index in [4.69, 9.17) is 4.74 Å². The Morgan fingerprint density at radius 2 is 2.11 bits per heavy atom. The first-order chi connectivity index (χ1) is 9.22. The summed E-state index contributed by atoms with van der Waals surface area (Å²) in [7, 11) is 1.80. The first-order valence-electron chi connectivity index (χ1n) is 7.50. The Bertz CT molecular complexity index is 344. The molecular formula is C16H27NOS. The molecule has 2 atom stereocenters. The lowest BCUT2D eigenvalue weighted by molar-refractivity contribution is 0.133. The van der Waals surface area contributed by atoms with Crippen molar-refractivity contribution < 1.29 is 4.74 Å². The summed E-state index contributed by atoms with van der Waals surface area (Å²) >= 11 is 1.89. The summed E-state index contributed by atoms with van der Waals surface area (Å²) in [5, 5.41) is 6.08. The molecule has 1 aliphatic carbocycles. The highest BCUT2D eigenvalue weighted by Gasteiger charge is 2.29. The average Bonchev–Trinajstić information content (AvgIpc) is 3.06. The highest BCUT2D eigenvalue weighted by molar-refractivity contribution is 7.10. The van der Waals surface area contributed by atoms with Gasteiger partial charge < -0.3 is 10.1 Å². The van der Waals surface area contributed by atoms with Crippen LogP contribution in [-0.4, -0.2) is 19.8 Å². The molecule has 3 heteroatoms. The lowest BCUT2D eigenvalue weighted by atomic mass is 9.94. The van der Waals surface area contributed by atoms with Crippen LogP contribution in [0, 0.1) is 11.8 Å². The zero-order valence-electron chi connectivity index (χ0n) is 12.4. The molecular weight excluding hydrogens is 254 g/mol. The number of rotatable bonds is 7. The molecule has 1 fully saturated rings. The molecule has 0 bridgehead atoms. The van der Waals surface area contributed by atoms with E-state index in [9.17, 15) is 0 Å². The maximum atomic E-state index is 5.39. The highest BCUT2D eigenvalue weighted by Crippen LogP contribution is 2.37. The molecule has 0 radical (unpaired) electrons. The van der Waals surface area contributed by atoms with Gasteiger partial charge >= 0.3 is 0 Å². The summed E-state index contributed by atoms with van der Waals surface area (Å²) in [6.07, 6.45) is 5.52. The summed E-state index contributed by atoms with van der Waals surface area (Å²) in [5.74, 6) is 1.40. The van der Waals surface area contributed by atoms with Crippen LogP contribution in [0.2, 0.25) is 0 Å². The molecule has 0 amide bonds. The number of ether oxygens (including phenoxy) is 1. The van der Waals surface area contributed by atoms with Crippen molar-refractivity contribution >= 4 is 11.3 Å². The topological polar surface area (TPSA) is 21.3 Å². The molecule has 0 spiro atoms. The van der Waals surface area contributed by atoms with Crippen molar-refractivity contribution in [1.82, 2.24) is 5.32 Å². The van der Waals surface area contributed by atoms with E-state index < -0.39 is 0 Å². The van der Waals surface area contributed by atoms with Crippen molar-refractivity contribution in [2.45, 2.75) is 51.6 Å². The van der Waals surface area contributed by atoms with Crippen LogP contribution in [0.5, 0.6) is 0 Å². The van der Waals surface area contributed by atoms with Crippen LogP contribution in [0.25, 0.3) is 0 Å². The van der Waals surface area contributed by atoms with Crippen LogP contribution in [0.15, 0.2) is 17.5 Å². The van der Waals surface area contributed by atoms with Crippen LogP contribution in [0.3, 0.4) is 0 Å². The fourth-order valence-electron chi connectivity index (χ4n) is 3.05. The van der Waals surface area contributed by atoms with Gasteiger partial charge in [0, 0.05) is 24.1 Å². The van der Waals surface area contributed by atoms with Crippen molar-refractivity contribution in [1.29, 1.82) is 0 Å². The second-order valence-corrected chi connectivity index (χ2v) is 6.99. The van der Waals surface area contributed by atoms with E-state index in [1.165, 1.54) is 30.6 Å². The van der Waals surface area contributed by atoms with Gasteiger partial charge in [0.25, 0.3) is 0 Å². The van der Waals surface area contributed by atoms with E-state index in [1.807, 2.05) is 11.3 Å². The van der Waals surface area contributed by atoms with Gasteiger partial charge in [0.1, 0.15) is 0 Å². The summed E-state index contributed by atoms with van der Waals surface area (Å²) < 4.78 is 5.39. The van der Waals surface area contributed by atoms with E-state index in [1.54, 1.807) is 7.11 Å². The molecule has 1 N–H and O–H groups in total. The van der Waals surface area contributed by atoms with Crippen LogP contribution < -0.4 is 5.32 Å². The molecule has 1 aromatic rings. The predicted molar refractivity (Wildman–Crippen MR) is 82.7 cm³/mol. The SMILES string of the molecule is COCC(NC(c1cccs1)C1CCCC1)C(C)C. The molecule has 1 aromatic heterocycles. The number of hydrogen-bond donors (Lipinski definition) is 1. The Labute approximate surface area is 121 Å². The number of hydrogen-bond acceptors (Lipinski definition) is 3. The summed E-state index contributed by atoms with van der Waals surface area (Å²) in [4.78, 5) is 1.49. The fraction of sp³-hybridized carbons (Fsp3) is 0.750. The first-order valence-corrected chi connectivity index (χ1v) is 8.38. The Kier molecular flexibility index (Phi) is 5.86. The third-order valence-corrected chi connectivity index (χ3v) is 5.22. The van der Waals surface area contributed by atoms with Gasteiger partial charge in [-0.1, -0.05) is 32.8 Å². The molecule has 0 aromatic carbocycles. The van der Waals surface area contributed by atoms with Gasteiger partial charge in [-0.05, 0) is 36.1 Å². The van der Waals surface area contributed by atoms with E-state index in [0.29, 0.717) is 18.0 Å². The molecule has 1 aliphatic rings. The van der Waals surface area contributed by atoms with Crippen LogP contribution in [0.1, 0.15) is 50.4 Å². The summed E-state index contributed by atoms with van der Waals surface area (Å²) in [6.45, 7) is 5.35. The van der Waals surface area contributed by atoms with Crippen molar-refractivity contribution in [3.63, 3.8) is 0 Å². The molecule has 0 saturated heterocycles. The number of methoxy groups -OCH3 is 1. The van der Waals surface area contributed by atoms with Crippen molar-refractivity contribution in [3.05, 3.63) is 22.4 Å². The predicted octanol–water partition coefficient (Wildman–Crippen LogP) is 4.24. The second-order valence-electron chi connectivity index (χ2n) is 6.01. The standard InChI is InChI=1S/C16H27NOS/c1-12(2)14(11-18-3)17-16(13-7-4-5-8-13)15-9-6-10-19-15/h6,9-10,12-14,16-17H,4-5,7-8,11H2,1-3H3. The normalized spacial score (nSPS) is 20.0. The third kappa shape index (κ3) is 4.04. The highest BCUT2D eigenvalue weighted by atomic mass is 32.1. The molecule has 1 heterocycles. The second kappa shape index (κ2) is 7.41. The lowest BCUT2D eigenvalue weighted by Gasteiger charge is -2.31. The van der Waals surface area contributed by atoms with Gasteiger partial charge in [0.2, 0.25) is 0 Å². The maximum absolute atomic E-state index is 5.39. The van der Waals surface area contributed by atoms with Gasteiger partial charge in [-0.3, -0.25) is 0 Å². The van der Waals surface area contributed by atoms with E-state index in [-0.39, 0.29) is 0 Å². The van der Waals surface area contributed by atoms with Gasteiger partial charge in [-0.2, -0.15) is 0 Å². The van der Waals surface area contributed by atoms with Crippen LogP contribution in [-0.2, 0) is 4.74 Å². The van der Waals surface area contributed by atoms with E-state index >= 15 is 0 Å². The monoisotopic (exact) mass is 281 g/mol. The number of nitrogens with one attached hydrogen (secondary N) is 1. The average molecular weight is 281 g/mol. The van der Waals surface area contributed by atoms with Crippen LogP contribution >= 0.6 is 11.3 Å². The Hall–Kier alpha value is -0.380. The van der Waals surface area contributed by atoms with Gasteiger partial charge in [0.15, 0.2) is 0 Å². The van der Waals surface area contributed by atoms with Gasteiger partial charge in [0.05, 0.1) is 6.61 Å². The van der Waals surface area contributed by atoms with Gasteiger partial charge in [-0.15, -0.1) is 11.3 Å². The van der Waals surface area contributed by atoms with E-state index in [2.05, 4.69) is 36.7 Å². The zero-order chi connectivity index (χ0) is 13.7. The Morgan fingerprint density at radius 3 is 2.63 bits per heavy atom. The summed E-state index contributed by atoms with van der Waals surface area (Å²) in [5.41, 5.74) is 0. The van der Waals surface area contributed by atoms with E-state index in [0.717, 1.165) is 12.5 Å². The molecule has 2 unspecified atom stereocenters. The fourth-order valence-corrected chi connectivity index (χ4v) is 3.93. The molecule has 2 rings (SSSR count). The van der Waals surface area contributed by atoms with Crippen molar-refractivity contribution in [3.8, 4) is 0 Å². The Morgan fingerprint density at radius 1 is 1.37 bits per heavy atom. The third-order valence-electron chi connectivity index (χ3n) is 4.27. The maximum Gasteiger partial charge on any atom is 0.0618 e. The first kappa shape index (κ1) is 15.0. The van der Waals surface area contributed by atoms with Crippen molar-refractivity contribution in [2.75, 3.05) is 13.7 Å². The largest absolute Gasteiger partial charge is 0.383 e. The number of thiophene rings is 1. The summed E-state index contributed by atoms with van der Waals surface area (Å²) in [6, 6.07) is 5.41. The lowest BCUT2D eigenvalue weighted by Crippen LogP contribution is -2.42. The molecule has 1 saturated carbocycles. The molecule has 19 heavy (non-hydrogen) atoms. The minimum atomic E-state index is 0.442. The smallest absolute Gasteiger partial charge is 0.0618 e. The van der Waals surface area contributed by atoms with Crippen LogP contribution in [0.4, 0.5) is 0 Å². The molecule has 0 aliphatic heterocycles. The molecule has 2 nitrogen and oxygen atoms in total. The zero-order valence-corrected chi connectivity index (χ0v) is 13.2. The minimum absolute atomic E-state index is 0.442. The van der Waals surface area contributed by atoms with Gasteiger partial charge in [-0.25, -0.2) is 0 Å². The van der Waals surface area contributed by atoms with Crippen molar-refractivity contribution in [2.24, 2.45) is 11.8 Å². The molecule has 108 valence electrons.